The normalized spacial score (nSPS) is 14.7. The number of amides is 1. The fourth-order valence-corrected chi connectivity index (χ4v) is 1.94. The largest absolute Gasteiger partial charge is 0.371 e. The summed E-state index contributed by atoms with van der Waals surface area (Å²) in [5.41, 5.74) is 6.16. The van der Waals surface area contributed by atoms with E-state index in [0.29, 0.717) is 18.2 Å². The molecule has 4 N–H and O–H groups in total. The molecule has 0 aromatic heterocycles. The van der Waals surface area contributed by atoms with Crippen LogP contribution in [-0.4, -0.2) is 30.0 Å². The summed E-state index contributed by atoms with van der Waals surface area (Å²) in [5, 5.41) is 16.3. The standard InChI is InChI=1S/C13H18N4O3.ClH/c14-10(9-5-6-9)7-16-13(18)8-15-11-3-1-2-4-12(11)17(19)20;/h1-4,9-10,15H,5-8,14H2,(H,16,18);1H. The van der Waals surface area contributed by atoms with E-state index >= 15 is 0 Å². The average molecular weight is 315 g/mol. The molecule has 0 spiro atoms. The Morgan fingerprint density at radius 3 is 2.71 bits per heavy atom. The van der Waals surface area contributed by atoms with Gasteiger partial charge in [0.05, 0.1) is 11.5 Å². The molecule has 0 radical (unpaired) electrons. The number of nitro groups is 1. The van der Waals surface area contributed by atoms with Gasteiger partial charge in [0, 0.05) is 18.7 Å². The van der Waals surface area contributed by atoms with Crippen LogP contribution in [0, 0.1) is 16.0 Å². The molecule has 0 bridgehead atoms. The van der Waals surface area contributed by atoms with Crippen LogP contribution in [0.4, 0.5) is 11.4 Å². The van der Waals surface area contributed by atoms with Gasteiger partial charge in [-0.05, 0) is 24.8 Å². The van der Waals surface area contributed by atoms with Gasteiger partial charge in [-0.25, -0.2) is 0 Å². The molecule has 0 aliphatic heterocycles. The minimum Gasteiger partial charge on any atom is -0.371 e. The maximum atomic E-state index is 11.6. The quantitative estimate of drug-likeness (QED) is 0.518. The molecule has 2 rings (SSSR count). The van der Waals surface area contributed by atoms with Crippen LogP contribution in [0.2, 0.25) is 0 Å². The number of nitrogens with two attached hydrogens (primary N) is 1. The summed E-state index contributed by atoms with van der Waals surface area (Å²) >= 11 is 0. The van der Waals surface area contributed by atoms with Crippen molar-refractivity contribution in [2.45, 2.75) is 18.9 Å². The molecule has 1 aromatic carbocycles. The zero-order valence-corrected chi connectivity index (χ0v) is 12.3. The van der Waals surface area contributed by atoms with Crippen molar-refractivity contribution in [2.75, 3.05) is 18.4 Å². The lowest BCUT2D eigenvalue weighted by Gasteiger charge is -2.12. The van der Waals surface area contributed by atoms with Crippen LogP contribution in [0.3, 0.4) is 0 Å². The molecule has 1 saturated carbocycles. The fourth-order valence-electron chi connectivity index (χ4n) is 1.94. The van der Waals surface area contributed by atoms with E-state index < -0.39 is 4.92 Å². The van der Waals surface area contributed by atoms with Crippen molar-refractivity contribution in [1.82, 2.24) is 5.32 Å². The van der Waals surface area contributed by atoms with Gasteiger partial charge in [-0.3, -0.25) is 14.9 Å². The second-order valence-electron chi connectivity index (χ2n) is 4.93. The van der Waals surface area contributed by atoms with Crippen LogP contribution in [-0.2, 0) is 4.79 Å². The number of para-hydroxylation sites is 2. The Labute approximate surface area is 128 Å². The lowest BCUT2D eigenvalue weighted by Crippen LogP contribution is -2.40. The molecule has 1 unspecified atom stereocenters. The minimum absolute atomic E-state index is 0. The smallest absolute Gasteiger partial charge is 0.292 e. The molecular weight excluding hydrogens is 296 g/mol. The molecule has 7 nitrogen and oxygen atoms in total. The monoisotopic (exact) mass is 314 g/mol. The van der Waals surface area contributed by atoms with Crippen LogP contribution in [0.25, 0.3) is 0 Å². The summed E-state index contributed by atoms with van der Waals surface area (Å²) < 4.78 is 0. The predicted octanol–water partition coefficient (Wildman–Crippen LogP) is 1.28. The molecule has 1 amide bonds. The molecule has 0 heterocycles. The summed E-state index contributed by atoms with van der Waals surface area (Å²) in [6, 6.07) is 6.23. The van der Waals surface area contributed by atoms with E-state index in [1.165, 1.54) is 6.07 Å². The lowest BCUT2D eigenvalue weighted by atomic mass is 10.2. The Hall–Kier alpha value is -1.86. The molecule has 21 heavy (non-hydrogen) atoms. The maximum Gasteiger partial charge on any atom is 0.292 e. The van der Waals surface area contributed by atoms with Crippen molar-refractivity contribution in [1.29, 1.82) is 0 Å². The van der Waals surface area contributed by atoms with Gasteiger partial charge in [-0.1, -0.05) is 12.1 Å². The molecule has 1 atom stereocenters. The van der Waals surface area contributed by atoms with E-state index in [1.54, 1.807) is 18.2 Å². The van der Waals surface area contributed by atoms with Crippen LogP contribution in [0.15, 0.2) is 24.3 Å². The third-order valence-corrected chi connectivity index (χ3v) is 3.30. The number of carbonyl (C=O) groups is 1. The Balaban J connectivity index is 0.00000220. The second-order valence-corrected chi connectivity index (χ2v) is 4.93. The van der Waals surface area contributed by atoms with E-state index in [2.05, 4.69) is 10.6 Å². The van der Waals surface area contributed by atoms with Gasteiger partial charge in [-0.15, -0.1) is 12.4 Å². The number of hydrogen-bond acceptors (Lipinski definition) is 5. The first-order chi connectivity index (χ1) is 9.58. The van der Waals surface area contributed by atoms with Crippen molar-refractivity contribution >= 4 is 29.7 Å². The second kappa shape index (κ2) is 7.80. The Bertz CT molecular complexity index is 508. The number of carbonyl (C=O) groups excluding carboxylic acids is 1. The summed E-state index contributed by atoms with van der Waals surface area (Å²) in [5.74, 6) is 0.303. The van der Waals surface area contributed by atoms with E-state index in [4.69, 9.17) is 5.73 Å². The van der Waals surface area contributed by atoms with Gasteiger partial charge in [0.2, 0.25) is 5.91 Å². The molecule has 0 saturated heterocycles. The third kappa shape index (κ3) is 5.20. The Morgan fingerprint density at radius 2 is 2.10 bits per heavy atom. The van der Waals surface area contributed by atoms with Gasteiger partial charge in [0.15, 0.2) is 0 Å². The molecule has 1 aromatic rings. The van der Waals surface area contributed by atoms with Gasteiger partial charge in [0.1, 0.15) is 5.69 Å². The van der Waals surface area contributed by atoms with Gasteiger partial charge >= 0.3 is 0 Å². The third-order valence-electron chi connectivity index (χ3n) is 3.30. The van der Waals surface area contributed by atoms with E-state index in [0.717, 1.165) is 12.8 Å². The molecule has 1 fully saturated rings. The number of nitrogens with one attached hydrogen (secondary N) is 2. The van der Waals surface area contributed by atoms with Gasteiger partial charge < -0.3 is 16.4 Å². The zero-order valence-electron chi connectivity index (χ0n) is 11.5. The highest BCUT2D eigenvalue weighted by Crippen LogP contribution is 2.31. The van der Waals surface area contributed by atoms with E-state index in [9.17, 15) is 14.9 Å². The first-order valence-corrected chi connectivity index (χ1v) is 6.57. The topological polar surface area (TPSA) is 110 Å². The Kier molecular flexibility index (Phi) is 6.39. The van der Waals surface area contributed by atoms with Crippen LogP contribution in [0.1, 0.15) is 12.8 Å². The average Bonchev–Trinajstić information content (AvgIpc) is 3.27. The van der Waals surface area contributed by atoms with Crippen molar-refractivity contribution in [3.8, 4) is 0 Å². The maximum absolute atomic E-state index is 11.6. The highest BCUT2D eigenvalue weighted by Gasteiger charge is 2.28. The van der Waals surface area contributed by atoms with Crippen LogP contribution < -0.4 is 16.4 Å². The van der Waals surface area contributed by atoms with Gasteiger partial charge in [-0.2, -0.15) is 0 Å². The van der Waals surface area contributed by atoms with Crippen LogP contribution in [0.5, 0.6) is 0 Å². The number of anilines is 1. The van der Waals surface area contributed by atoms with Crippen molar-refractivity contribution in [3.63, 3.8) is 0 Å². The van der Waals surface area contributed by atoms with Crippen molar-refractivity contribution < 1.29 is 9.72 Å². The zero-order chi connectivity index (χ0) is 14.5. The van der Waals surface area contributed by atoms with E-state index in [-0.39, 0.29) is 36.6 Å². The lowest BCUT2D eigenvalue weighted by molar-refractivity contribution is -0.383. The number of nitrogens with zero attached hydrogens (tertiary/aromatic N) is 1. The number of benzene rings is 1. The van der Waals surface area contributed by atoms with Gasteiger partial charge in [0.25, 0.3) is 5.69 Å². The predicted molar refractivity (Wildman–Crippen MR) is 82.5 cm³/mol. The summed E-state index contributed by atoms with van der Waals surface area (Å²) in [4.78, 5) is 22.0. The number of nitro benzene ring substituents is 1. The molecule has 116 valence electrons. The molecule has 8 heteroatoms. The first kappa shape index (κ1) is 17.2. The summed E-state index contributed by atoms with van der Waals surface area (Å²) in [7, 11) is 0. The minimum atomic E-state index is -0.483. The fraction of sp³-hybridized carbons (Fsp3) is 0.462. The van der Waals surface area contributed by atoms with E-state index in [1.807, 2.05) is 0 Å². The Morgan fingerprint density at radius 1 is 1.43 bits per heavy atom. The van der Waals surface area contributed by atoms with Crippen molar-refractivity contribution in [2.24, 2.45) is 11.7 Å². The highest BCUT2D eigenvalue weighted by molar-refractivity contribution is 5.85. The number of hydrogen-bond donors (Lipinski definition) is 3. The highest BCUT2D eigenvalue weighted by atomic mass is 35.5. The first-order valence-electron chi connectivity index (χ1n) is 6.57. The van der Waals surface area contributed by atoms with Crippen LogP contribution >= 0.6 is 12.4 Å². The molecular formula is C13H19ClN4O3. The van der Waals surface area contributed by atoms with Crippen molar-refractivity contribution in [3.05, 3.63) is 34.4 Å². The molecule has 1 aliphatic carbocycles. The SMILES string of the molecule is Cl.NC(CNC(=O)CNc1ccccc1[N+](=O)[O-])C1CC1. The number of rotatable bonds is 7. The summed E-state index contributed by atoms with van der Waals surface area (Å²) in [6.07, 6.45) is 2.26. The molecule has 1 aliphatic rings. The summed E-state index contributed by atoms with van der Waals surface area (Å²) in [6.45, 7) is 0.435. The number of halogens is 1.